The molecule has 1 saturated carbocycles. The molecular weight excluding hydrogens is 324 g/mol. The predicted octanol–water partition coefficient (Wildman–Crippen LogP) is 4.32. The van der Waals surface area contributed by atoms with Crippen molar-refractivity contribution in [3.05, 3.63) is 65.7 Å². The van der Waals surface area contributed by atoms with Gasteiger partial charge in [-0.05, 0) is 37.5 Å². The van der Waals surface area contributed by atoms with Crippen molar-refractivity contribution in [2.24, 2.45) is 0 Å². The molecule has 2 aromatic carbocycles. The molecule has 1 amide bonds. The van der Waals surface area contributed by atoms with Crippen molar-refractivity contribution in [3.63, 3.8) is 0 Å². The molecule has 0 bridgehead atoms. The van der Waals surface area contributed by atoms with Crippen LogP contribution in [-0.2, 0) is 11.3 Å². The summed E-state index contributed by atoms with van der Waals surface area (Å²) in [4.78, 5) is 14.3. The summed E-state index contributed by atoms with van der Waals surface area (Å²) < 4.78 is 32.4. The van der Waals surface area contributed by atoms with Gasteiger partial charge >= 0.3 is 0 Å². The van der Waals surface area contributed by atoms with E-state index in [9.17, 15) is 13.6 Å². The highest BCUT2D eigenvalue weighted by Crippen LogP contribution is 2.29. The average Bonchev–Trinajstić information content (AvgIpc) is 3.43. The molecule has 3 rings (SSSR count). The highest BCUT2D eigenvalue weighted by atomic mass is 19.1. The molecule has 0 aromatic heterocycles. The lowest BCUT2D eigenvalue weighted by Crippen LogP contribution is -2.33. The summed E-state index contributed by atoms with van der Waals surface area (Å²) in [7, 11) is 0. The van der Waals surface area contributed by atoms with Gasteiger partial charge in [0.15, 0.2) is 0 Å². The van der Waals surface area contributed by atoms with Gasteiger partial charge in [0.25, 0.3) is 0 Å². The van der Waals surface area contributed by atoms with E-state index < -0.39 is 0 Å². The molecule has 1 fully saturated rings. The largest absolute Gasteiger partial charge is 0.493 e. The number of rotatable bonds is 8. The standard InChI is InChI=1S/C20H21F2NO2/c21-16-6-3-7-18(13-16)25-12-4-9-20(24)23(17-10-11-17)14-15-5-1-2-8-19(15)22/h1-3,5-8,13,17H,4,9-12,14H2. The van der Waals surface area contributed by atoms with Gasteiger partial charge in [-0.2, -0.15) is 0 Å². The van der Waals surface area contributed by atoms with Crippen LogP contribution in [0.5, 0.6) is 5.75 Å². The Labute approximate surface area is 146 Å². The summed E-state index contributed by atoms with van der Waals surface area (Å²) in [5.41, 5.74) is 0.541. The zero-order chi connectivity index (χ0) is 17.6. The fourth-order valence-corrected chi connectivity index (χ4v) is 2.73. The van der Waals surface area contributed by atoms with Crippen molar-refractivity contribution in [2.45, 2.75) is 38.3 Å². The maximum Gasteiger partial charge on any atom is 0.223 e. The van der Waals surface area contributed by atoms with Gasteiger partial charge in [0.05, 0.1) is 6.61 Å². The molecule has 1 aliphatic carbocycles. The van der Waals surface area contributed by atoms with E-state index in [-0.39, 0.29) is 23.6 Å². The second kappa shape index (κ2) is 8.10. The Hall–Kier alpha value is -2.43. The molecule has 0 saturated heterocycles. The number of nitrogens with zero attached hydrogens (tertiary/aromatic N) is 1. The first-order valence-corrected chi connectivity index (χ1v) is 8.55. The summed E-state index contributed by atoms with van der Waals surface area (Å²) >= 11 is 0. The van der Waals surface area contributed by atoms with E-state index in [4.69, 9.17) is 4.74 Å². The molecule has 25 heavy (non-hydrogen) atoms. The third kappa shape index (κ3) is 5.02. The summed E-state index contributed by atoms with van der Waals surface area (Å²) in [5, 5.41) is 0. The Bertz CT molecular complexity index is 731. The lowest BCUT2D eigenvalue weighted by molar-refractivity contribution is -0.132. The fraction of sp³-hybridized carbons (Fsp3) is 0.350. The number of ether oxygens (including phenoxy) is 1. The van der Waals surface area contributed by atoms with Crippen LogP contribution < -0.4 is 4.74 Å². The number of benzene rings is 2. The maximum atomic E-state index is 13.8. The molecule has 2 aromatic rings. The first kappa shape index (κ1) is 17.4. The molecular formula is C20H21F2NO2. The molecule has 0 aliphatic heterocycles. The van der Waals surface area contributed by atoms with E-state index in [1.54, 1.807) is 35.2 Å². The molecule has 3 nitrogen and oxygen atoms in total. The number of amides is 1. The molecule has 5 heteroatoms. The lowest BCUT2D eigenvalue weighted by atomic mass is 10.2. The highest BCUT2D eigenvalue weighted by Gasteiger charge is 2.32. The van der Waals surface area contributed by atoms with Crippen molar-refractivity contribution in [1.82, 2.24) is 4.90 Å². The molecule has 0 unspecified atom stereocenters. The molecule has 0 N–H and O–H groups in total. The van der Waals surface area contributed by atoms with Crippen LogP contribution in [0.4, 0.5) is 8.78 Å². The minimum absolute atomic E-state index is 0.00796. The normalized spacial score (nSPS) is 13.5. The summed E-state index contributed by atoms with van der Waals surface area (Å²) in [6.07, 6.45) is 2.82. The Balaban J connectivity index is 1.49. The number of halogens is 2. The maximum absolute atomic E-state index is 13.8. The van der Waals surface area contributed by atoms with Gasteiger partial charge in [-0.15, -0.1) is 0 Å². The topological polar surface area (TPSA) is 29.5 Å². The summed E-state index contributed by atoms with van der Waals surface area (Å²) in [6, 6.07) is 12.7. The van der Waals surface area contributed by atoms with Gasteiger partial charge < -0.3 is 9.64 Å². The molecule has 0 spiro atoms. The predicted molar refractivity (Wildman–Crippen MR) is 91.1 cm³/mol. The first-order chi connectivity index (χ1) is 12.1. The highest BCUT2D eigenvalue weighted by molar-refractivity contribution is 5.76. The third-order valence-corrected chi connectivity index (χ3v) is 4.21. The van der Waals surface area contributed by atoms with Crippen LogP contribution in [-0.4, -0.2) is 23.5 Å². The van der Waals surface area contributed by atoms with Gasteiger partial charge in [0, 0.05) is 30.6 Å². The van der Waals surface area contributed by atoms with Crippen LogP contribution in [0, 0.1) is 11.6 Å². The quantitative estimate of drug-likeness (QED) is 0.667. The van der Waals surface area contributed by atoms with Gasteiger partial charge in [-0.1, -0.05) is 24.3 Å². The number of carbonyl (C=O) groups is 1. The zero-order valence-electron chi connectivity index (χ0n) is 14.0. The smallest absolute Gasteiger partial charge is 0.223 e. The average molecular weight is 345 g/mol. The van der Waals surface area contributed by atoms with E-state index in [0.717, 1.165) is 12.8 Å². The van der Waals surface area contributed by atoms with E-state index in [1.165, 1.54) is 18.2 Å². The van der Waals surface area contributed by atoms with Gasteiger partial charge in [0.1, 0.15) is 17.4 Å². The second-order valence-corrected chi connectivity index (χ2v) is 6.25. The van der Waals surface area contributed by atoms with Crippen molar-refractivity contribution in [1.29, 1.82) is 0 Å². The van der Waals surface area contributed by atoms with E-state index >= 15 is 0 Å². The molecule has 0 heterocycles. The van der Waals surface area contributed by atoms with E-state index in [0.29, 0.717) is 37.3 Å². The second-order valence-electron chi connectivity index (χ2n) is 6.25. The Morgan fingerprint density at radius 1 is 1.12 bits per heavy atom. The summed E-state index contributed by atoms with van der Waals surface area (Å²) in [6.45, 7) is 0.647. The minimum atomic E-state index is -0.349. The van der Waals surface area contributed by atoms with Crippen LogP contribution in [0.25, 0.3) is 0 Å². The Morgan fingerprint density at radius 3 is 2.64 bits per heavy atom. The SMILES string of the molecule is O=C(CCCOc1cccc(F)c1)N(Cc1ccccc1F)C1CC1. The summed E-state index contributed by atoms with van der Waals surface area (Å²) in [5.74, 6) is -0.166. The van der Waals surface area contributed by atoms with Crippen LogP contribution in [0.15, 0.2) is 48.5 Å². The van der Waals surface area contributed by atoms with Crippen LogP contribution in [0.1, 0.15) is 31.2 Å². The van der Waals surface area contributed by atoms with E-state index in [2.05, 4.69) is 0 Å². The minimum Gasteiger partial charge on any atom is -0.493 e. The van der Waals surface area contributed by atoms with Gasteiger partial charge in [-0.25, -0.2) is 8.78 Å². The van der Waals surface area contributed by atoms with Crippen molar-refractivity contribution in [2.75, 3.05) is 6.61 Å². The molecule has 0 atom stereocenters. The van der Waals surface area contributed by atoms with Crippen molar-refractivity contribution >= 4 is 5.91 Å². The third-order valence-electron chi connectivity index (χ3n) is 4.21. The van der Waals surface area contributed by atoms with Gasteiger partial charge in [-0.3, -0.25) is 4.79 Å². The fourth-order valence-electron chi connectivity index (χ4n) is 2.73. The molecule has 132 valence electrons. The van der Waals surface area contributed by atoms with Crippen molar-refractivity contribution < 1.29 is 18.3 Å². The van der Waals surface area contributed by atoms with Crippen LogP contribution in [0.3, 0.4) is 0 Å². The van der Waals surface area contributed by atoms with Crippen LogP contribution >= 0.6 is 0 Å². The Morgan fingerprint density at radius 2 is 1.92 bits per heavy atom. The number of hydrogen-bond acceptors (Lipinski definition) is 2. The zero-order valence-corrected chi connectivity index (χ0v) is 14.0. The molecule has 0 radical (unpaired) electrons. The van der Waals surface area contributed by atoms with Gasteiger partial charge in [0.2, 0.25) is 5.91 Å². The Kier molecular flexibility index (Phi) is 5.64. The van der Waals surface area contributed by atoms with Crippen LogP contribution in [0.2, 0.25) is 0 Å². The number of carbonyl (C=O) groups excluding carboxylic acids is 1. The lowest BCUT2D eigenvalue weighted by Gasteiger charge is -2.23. The number of hydrogen-bond donors (Lipinski definition) is 0. The molecule has 1 aliphatic rings. The monoisotopic (exact) mass is 345 g/mol. The van der Waals surface area contributed by atoms with Crippen molar-refractivity contribution in [3.8, 4) is 5.75 Å². The van der Waals surface area contributed by atoms with E-state index in [1.807, 2.05) is 0 Å². The first-order valence-electron chi connectivity index (χ1n) is 8.55.